The molecule has 2 aromatic carbocycles. The summed E-state index contributed by atoms with van der Waals surface area (Å²) in [6.07, 6.45) is -0.303. The molecule has 200 valence electrons. The maximum atomic E-state index is 13.6. The first-order chi connectivity index (χ1) is 17.6. The maximum Gasteiger partial charge on any atom is 0.258 e. The van der Waals surface area contributed by atoms with Crippen molar-refractivity contribution in [1.82, 2.24) is 10.6 Å². The minimum Gasteiger partial charge on any atom is -0.484 e. The van der Waals surface area contributed by atoms with E-state index in [0.29, 0.717) is 12.8 Å². The van der Waals surface area contributed by atoms with Crippen molar-refractivity contribution in [2.24, 2.45) is 0 Å². The van der Waals surface area contributed by atoms with Crippen molar-refractivity contribution in [3.63, 3.8) is 0 Å². The zero-order valence-electron chi connectivity index (χ0n) is 19.9. The molecule has 5 rings (SSSR count). The number of carbonyl (C=O) groups is 2. The van der Waals surface area contributed by atoms with Crippen molar-refractivity contribution >= 4 is 35.0 Å². The van der Waals surface area contributed by atoms with Gasteiger partial charge in [0, 0.05) is 32.1 Å². The first-order valence-electron chi connectivity index (χ1n) is 11.5. The number of nitrogens with one attached hydrogen (secondary N) is 2. The summed E-state index contributed by atoms with van der Waals surface area (Å²) in [4.78, 5) is 25.3. The molecule has 8 nitrogen and oxygen atoms in total. The van der Waals surface area contributed by atoms with E-state index in [1.807, 2.05) is 0 Å². The Kier molecular flexibility index (Phi) is 8.13. The van der Waals surface area contributed by atoms with E-state index < -0.39 is 53.3 Å². The van der Waals surface area contributed by atoms with Crippen molar-refractivity contribution in [3.05, 3.63) is 58.1 Å². The zero-order chi connectivity index (χ0) is 26.8. The van der Waals surface area contributed by atoms with Crippen LogP contribution in [0.5, 0.6) is 11.5 Å². The van der Waals surface area contributed by atoms with Crippen LogP contribution in [0.4, 0.5) is 8.78 Å². The van der Waals surface area contributed by atoms with E-state index >= 15 is 0 Å². The van der Waals surface area contributed by atoms with Gasteiger partial charge in [-0.2, -0.15) is 0 Å². The first-order valence-corrected chi connectivity index (χ1v) is 12.3. The molecule has 12 heteroatoms. The normalized spacial score (nSPS) is 26.4. The first kappa shape index (κ1) is 27.4. The lowest BCUT2D eigenvalue weighted by atomic mass is 9.58. The summed E-state index contributed by atoms with van der Waals surface area (Å²) in [7, 11) is 1.49. The third kappa shape index (κ3) is 5.93. The van der Waals surface area contributed by atoms with Crippen LogP contribution in [-0.2, 0) is 14.3 Å². The molecule has 0 aromatic heterocycles. The summed E-state index contributed by atoms with van der Waals surface area (Å²) in [5.74, 6) is -2.00. The summed E-state index contributed by atoms with van der Waals surface area (Å²) in [5.41, 5.74) is -1.85. The van der Waals surface area contributed by atoms with Gasteiger partial charge < -0.3 is 30.0 Å². The lowest BCUT2D eigenvalue weighted by Crippen LogP contribution is -2.76. The molecule has 3 fully saturated rings. The van der Waals surface area contributed by atoms with Crippen molar-refractivity contribution in [2.45, 2.75) is 49.0 Å². The number of ether oxygens (including phenoxy) is 3. The number of halogens is 4. The summed E-state index contributed by atoms with van der Waals surface area (Å²) in [5, 5.41) is 16.7. The predicted molar refractivity (Wildman–Crippen MR) is 131 cm³/mol. The van der Waals surface area contributed by atoms with E-state index in [-0.39, 0.29) is 41.0 Å². The SMILES string of the molecule is CO[C@H]1C[C@]2(NC(=O)COc3ccc(Cl)c(F)c3)CC[C@@]1(NC(=O)COc1ccc(Cl)c(F)c1)CC2O. The molecule has 3 aliphatic carbocycles. The minimum atomic E-state index is -0.976. The molecule has 0 saturated heterocycles. The van der Waals surface area contributed by atoms with E-state index in [2.05, 4.69) is 10.6 Å². The molecule has 3 aliphatic rings. The fourth-order valence-electron chi connectivity index (χ4n) is 5.07. The van der Waals surface area contributed by atoms with E-state index in [1.165, 1.54) is 31.4 Å². The van der Waals surface area contributed by atoms with Gasteiger partial charge in [0.15, 0.2) is 13.2 Å². The molecular formula is C25H26Cl2F2N2O6. The standard InChI is InChI=1S/C25H26Cl2F2N2O6/c1-35-21-11-24(30-22(33)12-36-14-2-4-16(26)18(28)8-14)6-7-25(21,10-20(24)32)31-23(34)13-37-15-3-5-17(27)19(29)9-15/h2-5,8-9,20-21,32H,6-7,10-13H2,1H3,(H,30,33)(H,31,34)/t20?,21-,24+,25+/m0/s1. The number of hydrogen-bond acceptors (Lipinski definition) is 6. The van der Waals surface area contributed by atoms with Crippen LogP contribution < -0.4 is 20.1 Å². The fourth-order valence-corrected chi connectivity index (χ4v) is 5.31. The van der Waals surface area contributed by atoms with Crippen molar-refractivity contribution in [2.75, 3.05) is 20.3 Å². The number of aliphatic hydroxyl groups excluding tert-OH is 1. The Balaban J connectivity index is 1.35. The van der Waals surface area contributed by atoms with Crippen molar-refractivity contribution in [1.29, 1.82) is 0 Å². The molecule has 2 amide bonds. The molecule has 0 heterocycles. The van der Waals surface area contributed by atoms with Gasteiger partial charge in [0.2, 0.25) is 0 Å². The molecule has 2 bridgehead atoms. The Morgan fingerprint density at radius 1 is 0.919 bits per heavy atom. The van der Waals surface area contributed by atoms with Gasteiger partial charge in [-0.25, -0.2) is 8.78 Å². The highest BCUT2D eigenvalue weighted by atomic mass is 35.5. The number of rotatable bonds is 9. The quantitative estimate of drug-likeness (QED) is 0.435. The number of aliphatic hydroxyl groups is 1. The Hall–Kier alpha value is -2.66. The van der Waals surface area contributed by atoms with Crippen molar-refractivity contribution < 1.29 is 37.7 Å². The minimum absolute atomic E-state index is 0.0574. The van der Waals surface area contributed by atoms with Gasteiger partial charge in [0.05, 0.1) is 33.3 Å². The molecule has 1 unspecified atom stereocenters. The Bertz CT molecular complexity index is 1190. The second-order valence-electron chi connectivity index (χ2n) is 9.29. The van der Waals surface area contributed by atoms with Crippen LogP contribution in [0.1, 0.15) is 25.7 Å². The van der Waals surface area contributed by atoms with Gasteiger partial charge in [0.1, 0.15) is 23.1 Å². The second kappa shape index (κ2) is 11.0. The van der Waals surface area contributed by atoms with Crippen LogP contribution in [0.3, 0.4) is 0 Å². The smallest absolute Gasteiger partial charge is 0.258 e. The molecular weight excluding hydrogens is 533 g/mol. The van der Waals surface area contributed by atoms with Gasteiger partial charge in [-0.3, -0.25) is 9.59 Å². The largest absolute Gasteiger partial charge is 0.484 e. The van der Waals surface area contributed by atoms with Crippen LogP contribution >= 0.6 is 23.2 Å². The monoisotopic (exact) mass is 558 g/mol. The third-order valence-corrected chi connectivity index (χ3v) is 7.57. The average molecular weight is 559 g/mol. The number of fused-ring (bicyclic) bond motifs is 3. The molecule has 0 radical (unpaired) electrons. The van der Waals surface area contributed by atoms with Gasteiger partial charge in [0.25, 0.3) is 11.8 Å². The Morgan fingerprint density at radius 2 is 1.41 bits per heavy atom. The van der Waals surface area contributed by atoms with E-state index in [1.54, 1.807) is 0 Å². The van der Waals surface area contributed by atoms with E-state index in [4.69, 9.17) is 37.4 Å². The molecule has 0 spiro atoms. The van der Waals surface area contributed by atoms with Crippen molar-refractivity contribution in [3.8, 4) is 11.5 Å². The summed E-state index contributed by atoms with van der Waals surface area (Å²) >= 11 is 11.3. The zero-order valence-corrected chi connectivity index (χ0v) is 21.4. The van der Waals surface area contributed by atoms with Crippen LogP contribution in [0.15, 0.2) is 36.4 Å². The number of methoxy groups -OCH3 is 1. The fraction of sp³-hybridized carbons (Fsp3) is 0.440. The number of benzene rings is 2. The second-order valence-corrected chi connectivity index (χ2v) is 10.1. The van der Waals surface area contributed by atoms with Crippen LogP contribution in [0.25, 0.3) is 0 Å². The predicted octanol–water partition coefficient (Wildman–Crippen LogP) is 3.40. The average Bonchev–Trinajstić information content (AvgIpc) is 2.86. The number of carbonyl (C=O) groups excluding carboxylic acids is 2. The summed E-state index contributed by atoms with van der Waals surface area (Å²) in [6.45, 7) is -0.766. The van der Waals surface area contributed by atoms with Crippen LogP contribution in [0.2, 0.25) is 10.0 Å². The highest BCUT2D eigenvalue weighted by Gasteiger charge is 2.60. The molecule has 2 aromatic rings. The highest BCUT2D eigenvalue weighted by molar-refractivity contribution is 6.31. The topological polar surface area (TPSA) is 106 Å². The summed E-state index contributed by atoms with van der Waals surface area (Å²) < 4.78 is 43.6. The third-order valence-electron chi connectivity index (χ3n) is 6.96. The maximum absolute atomic E-state index is 13.6. The Morgan fingerprint density at radius 3 is 1.86 bits per heavy atom. The molecule has 3 saturated carbocycles. The summed E-state index contributed by atoms with van der Waals surface area (Å²) in [6, 6.07) is 7.71. The van der Waals surface area contributed by atoms with E-state index in [0.717, 1.165) is 12.1 Å². The lowest BCUT2D eigenvalue weighted by Gasteiger charge is -2.59. The van der Waals surface area contributed by atoms with Crippen LogP contribution in [-0.4, -0.2) is 60.5 Å². The molecule has 0 aliphatic heterocycles. The molecule has 3 N–H and O–H groups in total. The van der Waals surface area contributed by atoms with Crippen LogP contribution in [0, 0.1) is 11.6 Å². The van der Waals surface area contributed by atoms with Gasteiger partial charge in [-0.05, 0) is 37.1 Å². The van der Waals surface area contributed by atoms with Gasteiger partial charge in [-0.1, -0.05) is 23.2 Å². The highest BCUT2D eigenvalue weighted by Crippen LogP contribution is 2.48. The van der Waals surface area contributed by atoms with Gasteiger partial charge in [-0.15, -0.1) is 0 Å². The molecule has 4 atom stereocenters. The number of hydrogen-bond donors (Lipinski definition) is 3. The molecule has 37 heavy (non-hydrogen) atoms. The van der Waals surface area contributed by atoms with Gasteiger partial charge >= 0.3 is 0 Å². The Labute approximate surface area is 222 Å². The lowest BCUT2D eigenvalue weighted by molar-refractivity contribution is -0.157. The number of amides is 2. The van der Waals surface area contributed by atoms with E-state index in [9.17, 15) is 23.5 Å².